The molecule has 3 N–H and O–H groups in total. The fraction of sp³-hybridized carbons (Fsp3) is 0.900. The predicted molar refractivity (Wildman–Crippen MR) is 54.3 cm³/mol. The van der Waals surface area contributed by atoms with Crippen molar-refractivity contribution in [1.82, 2.24) is 5.32 Å². The topological polar surface area (TPSA) is 73.6 Å². The summed E-state index contributed by atoms with van der Waals surface area (Å²) in [6, 6.07) is 0.192. The molecule has 0 saturated carbocycles. The monoisotopic (exact) mass is 214 g/mol. The number of nitrogens with one attached hydrogen (secondary N) is 1. The minimum atomic E-state index is -0.0652. The van der Waals surface area contributed by atoms with Crippen LogP contribution in [0, 0.1) is 0 Å². The van der Waals surface area contributed by atoms with Gasteiger partial charge in [-0.2, -0.15) is 0 Å². The summed E-state index contributed by atoms with van der Waals surface area (Å²) in [6.07, 6.45) is 3.76. The van der Waals surface area contributed by atoms with Gasteiger partial charge in [-0.15, -0.1) is 0 Å². The zero-order chi connectivity index (χ0) is 10.7. The Kier molecular flexibility index (Phi) is 3.56. The van der Waals surface area contributed by atoms with Crippen molar-refractivity contribution in [3.05, 3.63) is 0 Å². The van der Waals surface area contributed by atoms with E-state index in [0.29, 0.717) is 19.3 Å². The molecule has 1 amide bonds. The van der Waals surface area contributed by atoms with Gasteiger partial charge in [0.15, 0.2) is 0 Å². The van der Waals surface area contributed by atoms with E-state index < -0.39 is 0 Å². The Labute approximate surface area is 89.3 Å². The van der Waals surface area contributed by atoms with Gasteiger partial charge >= 0.3 is 0 Å². The molecule has 0 aliphatic carbocycles. The van der Waals surface area contributed by atoms with Gasteiger partial charge < -0.3 is 20.5 Å². The summed E-state index contributed by atoms with van der Waals surface area (Å²) < 4.78 is 10.7. The van der Waals surface area contributed by atoms with Crippen LogP contribution in [0.4, 0.5) is 0 Å². The molecular weight excluding hydrogens is 196 g/mol. The van der Waals surface area contributed by atoms with Gasteiger partial charge in [0.25, 0.3) is 0 Å². The summed E-state index contributed by atoms with van der Waals surface area (Å²) in [7, 11) is 0. The van der Waals surface area contributed by atoms with E-state index in [1.807, 2.05) is 0 Å². The first-order valence-corrected chi connectivity index (χ1v) is 5.52. The second kappa shape index (κ2) is 4.92. The molecule has 3 unspecified atom stereocenters. The van der Waals surface area contributed by atoms with E-state index >= 15 is 0 Å². The molecule has 2 rings (SSSR count). The number of fused-ring (bicyclic) bond motifs is 2. The molecule has 15 heavy (non-hydrogen) atoms. The van der Waals surface area contributed by atoms with Crippen LogP contribution in [0.25, 0.3) is 0 Å². The maximum atomic E-state index is 11.4. The first kappa shape index (κ1) is 10.9. The highest BCUT2D eigenvalue weighted by atomic mass is 16.5. The molecule has 5 heteroatoms. The van der Waals surface area contributed by atoms with Crippen LogP contribution in [-0.4, -0.2) is 43.9 Å². The van der Waals surface area contributed by atoms with Crippen LogP contribution in [0.3, 0.4) is 0 Å². The van der Waals surface area contributed by atoms with Crippen molar-refractivity contribution in [2.75, 3.05) is 19.8 Å². The van der Waals surface area contributed by atoms with Crippen molar-refractivity contribution in [2.24, 2.45) is 5.73 Å². The zero-order valence-corrected chi connectivity index (χ0v) is 8.78. The third-order valence-corrected chi connectivity index (χ3v) is 2.95. The number of amides is 1. The standard InChI is InChI=1S/C10H18N2O3/c11-3-4-14-6-10(13)12-8-5-7-1-2-9(8)15-7/h7-9H,1-6,11H2,(H,12,13). The summed E-state index contributed by atoms with van der Waals surface area (Å²) in [6.45, 7) is 0.982. The van der Waals surface area contributed by atoms with Crippen LogP contribution in [0.1, 0.15) is 19.3 Å². The van der Waals surface area contributed by atoms with E-state index in [1.165, 1.54) is 0 Å². The molecule has 86 valence electrons. The summed E-state index contributed by atoms with van der Waals surface area (Å²) in [4.78, 5) is 11.4. The van der Waals surface area contributed by atoms with Gasteiger partial charge in [0.2, 0.25) is 5.91 Å². The van der Waals surface area contributed by atoms with E-state index in [0.717, 1.165) is 19.3 Å². The van der Waals surface area contributed by atoms with E-state index in [-0.39, 0.29) is 24.7 Å². The fourth-order valence-corrected chi connectivity index (χ4v) is 2.29. The molecule has 0 radical (unpaired) electrons. The van der Waals surface area contributed by atoms with E-state index in [4.69, 9.17) is 15.2 Å². The van der Waals surface area contributed by atoms with E-state index in [2.05, 4.69) is 5.32 Å². The minimum Gasteiger partial charge on any atom is -0.373 e. The molecule has 2 aliphatic heterocycles. The second-order valence-electron chi connectivity index (χ2n) is 4.12. The third kappa shape index (κ3) is 2.68. The molecule has 2 fully saturated rings. The Morgan fingerprint density at radius 1 is 1.53 bits per heavy atom. The summed E-state index contributed by atoms with van der Waals surface area (Å²) in [5.41, 5.74) is 5.25. The smallest absolute Gasteiger partial charge is 0.246 e. The van der Waals surface area contributed by atoms with Crippen molar-refractivity contribution < 1.29 is 14.3 Å². The average molecular weight is 214 g/mol. The predicted octanol–water partition coefficient (Wildman–Crippen LogP) is -0.602. The Balaban J connectivity index is 1.66. The summed E-state index contributed by atoms with van der Waals surface area (Å²) in [5.74, 6) is -0.0652. The first-order chi connectivity index (χ1) is 7.29. The number of hydrogen-bond acceptors (Lipinski definition) is 4. The number of nitrogens with two attached hydrogens (primary N) is 1. The highest BCUT2D eigenvalue weighted by molar-refractivity contribution is 5.77. The second-order valence-corrected chi connectivity index (χ2v) is 4.12. The Morgan fingerprint density at radius 2 is 2.40 bits per heavy atom. The number of hydrogen-bond donors (Lipinski definition) is 2. The van der Waals surface area contributed by atoms with Crippen molar-refractivity contribution in [2.45, 2.75) is 37.5 Å². The highest BCUT2D eigenvalue weighted by Gasteiger charge is 2.41. The summed E-state index contributed by atoms with van der Waals surface area (Å²) in [5, 5.41) is 2.94. The quantitative estimate of drug-likeness (QED) is 0.599. The number of ether oxygens (including phenoxy) is 2. The van der Waals surface area contributed by atoms with Crippen molar-refractivity contribution >= 4 is 5.91 Å². The maximum Gasteiger partial charge on any atom is 0.246 e. The molecule has 0 aromatic heterocycles. The highest BCUT2D eigenvalue weighted by Crippen LogP contribution is 2.34. The van der Waals surface area contributed by atoms with E-state index in [9.17, 15) is 4.79 Å². The summed E-state index contributed by atoms with van der Waals surface area (Å²) >= 11 is 0. The van der Waals surface area contributed by atoms with Gasteiger partial charge in [0, 0.05) is 6.54 Å². The van der Waals surface area contributed by atoms with Gasteiger partial charge in [-0.05, 0) is 19.3 Å². The van der Waals surface area contributed by atoms with Crippen LogP contribution >= 0.6 is 0 Å². The molecule has 2 aliphatic rings. The van der Waals surface area contributed by atoms with Crippen LogP contribution in [0.2, 0.25) is 0 Å². The SMILES string of the molecule is NCCOCC(=O)NC1CC2CCC1O2. The molecule has 5 nitrogen and oxygen atoms in total. The van der Waals surface area contributed by atoms with Gasteiger partial charge in [-0.25, -0.2) is 0 Å². The third-order valence-electron chi connectivity index (χ3n) is 2.95. The van der Waals surface area contributed by atoms with Gasteiger partial charge in [0.1, 0.15) is 6.61 Å². The van der Waals surface area contributed by atoms with Gasteiger partial charge in [0.05, 0.1) is 24.9 Å². The van der Waals surface area contributed by atoms with Crippen LogP contribution < -0.4 is 11.1 Å². The molecule has 2 bridgehead atoms. The fourth-order valence-electron chi connectivity index (χ4n) is 2.29. The normalized spacial score (nSPS) is 33.3. The maximum absolute atomic E-state index is 11.4. The number of rotatable bonds is 5. The van der Waals surface area contributed by atoms with Crippen molar-refractivity contribution in [1.29, 1.82) is 0 Å². The Bertz CT molecular complexity index is 235. The molecule has 2 saturated heterocycles. The Hall–Kier alpha value is -0.650. The molecule has 2 heterocycles. The van der Waals surface area contributed by atoms with Gasteiger partial charge in [-0.3, -0.25) is 4.79 Å². The number of carbonyl (C=O) groups is 1. The van der Waals surface area contributed by atoms with Crippen molar-refractivity contribution in [3.63, 3.8) is 0 Å². The first-order valence-electron chi connectivity index (χ1n) is 5.52. The largest absolute Gasteiger partial charge is 0.373 e. The lowest BCUT2D eigenvalue weighted by atomic mass is 9.95. The van der Waals surface area contributed by atoms with E-state index in [1.54, 1.807) is 0 Å². The van der Waals surface area contributed by atoms with Crippen molar-refractivity contribution in [3.8, 4) is 0 Å². The van der Waals surface area contributed by atoms with Crippen LogP contribution in [-0.2, 0) is 14.3 Å². The molecular formula is C10H18N2O3. The Morgan fingerprint density at radius 3 is 3.00 bits per heavy atom. The molecule has 0 spiro atoms. The lowest BCUT2D eigenvalue weighted by Gasteiger charge is -2.19. The zero-order valence-electron chi connectivity index (χ0n) is 8.78. The molecule has 0 aromatic rings. The lowest BCUT2D eigenvalue weighted by Crippen LogP contribution is -2.43. The minimum absolute atomic E-state index is 0.0652. The average Bonchev–Trinajstić information content (AvgIpc) is 2.79. The van der Waals surface area contributed by atoms with Crippen LogP contribution in [0.15, 0.2) is 0 Å². The molecule has 3 atom stereocenters. The lowest BCUT2D eigenvalue weighted by molar-refractivity contribution is -0.126. The number of carbonyl (C=O) groups excluding carboxylic acids is 1. The van der Waals surface area contributed by atoms with Crippen LogP contribution in [0.5, 0.6) is 0 Å². The molecule has 0 aromatic carbocycles. The van der Waals surface area contributed by atoms with Gasteiger partial charge in [-0.1, -0.05) is 0 Å².